The molecule has 5 nitrogen and oxygen atoms in total. The molecule has 1 rings (SSSR count). The van der Waals surface area contributed by atoms with E-state index in [0.29, 0.717) is 5.95 Å². The van der Waals surface area contributed by atoms with Crippen LogP contribution in [0.5, 0.6) is 0 Å². The first-order valence-electron chi connectivity index (χ1n) is 5.90. The van der Waals surface area contributed by atoms with Crippen LogP contribution in [-0.4, -0.2) is 26.6 Å². The first-order chi connectivity index (χ1) is 8.06. The fraction of sp³-hybridized carbons (Fsp3) is 0.615. The predicted molar refractivity (Wildman–Crippen MR) is 70.6 cm³/mol. The number of carboxylic acids is 1. The van der Waals surface area contributed by atoms with Crippen molar-refractivity contribution >= 4 is 11.9 Å². The molecule has 0 saturated carbocycles. The van der Waals surface area contributed by atoms with Gasteiger partial charge in [-0.05, 0) is 47.6 Å². The van der Waals surface area contributed by atoms with Crippen LogP contribution in [0.2, 0.25) is 0 Å². The number of carbonyl (C=O) groups is 1. The number of rotatable bonds is 4. The highest BCUT2D eigenvalue weighted by Crippen LogP contribution is 2.33. The lowest BCUT2D eigenvalue weighted by Crippen LogP contribution is -2.51. The molecule has 0 spiro atoms. The number of aliphatic carboxylic acids is 1. The zero-order chi connectivity index (χ0) is 14.1. The third-order valence-corrected chi connectivity index (χ3v) is 3.50. The normalized spacial score (nSPS) is 12.3. The molecule has 1 heterocycles. The Bertz CT molecular complexity index is 447. The standard InChI is InChI=1S/C13H21N3O2/c1-8-7-9(2)15-11(14-8)16-13(5,6)12(3,4)10(17)18/h7H,1-6H3,(H,17,18)(H,14,15,16). The lowest BCUT2D eigenvalue weighted by Gasteiger charge is -2.38. The summed E-state index contributed by atoms with van der Waals surface area (Å²) in [6, 6.07) is 1.88. The van der Waals surface area contributed by atoms with Crippen molar-refractivity contribution in [3.8, 4) is 0 Å². The second-order valence-electron chi connectivity index (χ2n) is 5.65. The Kier molecular flexibility index (Phi) is 3.64. The molecule has 0 bridgehead atoms. The summed E-state index contributed by atoms with van der Waals surface area (Å²) in [4.78, 5) is 19.9. The number of aromatic nitrogens is 2. The molecule has 1 aromatic heterocycles. The van der Waals surface area contributed by atoms with E-state index in [-0.39, 0.29) is 0 Å². The molecule has 0 aliphatic rings. The van der Waals surface area contributed by atoms with Gasteiger partial charge in [0.05, 0.1) is 11.0 Å². The maximum Gasteiger partial charge on any atom is 0.311 e. The van der Waals surface area contributed by atoms with Crippen LogP contribution in [-0.2, 0) is 4.79 Å². The summed E-state index contributed by atoms with van der Waals surface area (Å²) < 4.78 is 0. The first-order valence-corrected chi connectivity index (χ1v) is 5.90. The molecule has 18 heavy (non-hydrogen) atoms. The Balaban J connectivity index is 3.05. The van der Waals surface area contributed by atoms with Gasteiger partial charge in [0.25, 0.3) is 0 Å². The second kappa shape index (κ2) is 4.55. The number of nitrogens with one attached hydrogen (secondary N) is 1. The smallest absolute Gasteiger partial charge is 0.311 e. The van der Waals surface area contributed by atoms with Gasteiger partial charge in [-0.25, -0.2) is 9.97 Å². The highest BCUT2D eigenvalue weighted by atomic mass is 16.4. The van der Waals surface area contributed by atoms with Crippen molar-refractivity contribution in [3.63, 3.8) is 0 Å². The molecule has 0 atom stereocenters. The van der Waals surface area contributed by atoms with Gasteiger partial charge >= 0.3 is 5.97 Å². The van der Waals surface area contributed by atoms with E-state index in [2.05, 4.69) is 15.3 Å². The van der Waals surface area contributed by atoms with Crippen LogP contribution in [0.3, 0.4) is 0 Å². The van der Waals surface area contributed by atoms with E-state index >= 15 is 0 Å². The molecule has 0 aromatic carbocycles. The summed E-state index contributed by atoms with van der Waals surface area (Å²) in [7, 11) is 0. The van der Waals surface area contributed by atoms with Gasteiger partial charge in [-0.15, -0.1) is 0 Å². The SMILES string of the molecule is Cc1cc(C)nc(NC(C)(C)C(C)(C)C(=O)O)n1. The minimum absolute atomic E-state index is 0.465. The second-order valence-corrected chi connectivity index (χ2v) is 5.65. The Labute approximate surface area is 108 Å². The van der Waals surface area contributed by atoms with Crippen molar-refractivity contribution < 1.29 is 9.90 Å². The highest BCUT2D eigenvalue weighted by Gasteiger charge is 2.44. The third-order valence-electron chi connectivity index (χ3n) is 3.50. The number of nitrogens with zero attached hydrogens (tertiary/aromatic N) is 2. The summed E-state index contributed by atoms with van der Waals surface area (Å²) in [5, 5.41) is 12.4. The Morgan fingerprint density at radius 2 is 1.61 bits per heavy atom. The molecule has 0 aliphatic heterocycles. The number of hydrogen-bond acceptors (Lipinski definition) is 4. The van der Waals surface area contributed by atoms with Gasteiger partial charge in [0.15, 0.2) is 0 Å². The van der Waals surface area contributed by atoms with E-state index in [1.165, 1.54) is 0 Å². The molecule has 2 N–H and O–H groups in total. The van der Waals surface area contributed by atoms with Gasteiger partial charge in [0.2, 0.25) is 5.95 Å². The lowest BCUT2D eigenvalue weighted by atomic mass is 9.74. The molecule has 0 aliphatic carbocycles. The summed E-state index contributed by atoms with van der Waals surface area (Å²) in [5.74, 6) is -0.392. The number of carboxylic acid groups (broad SMARTS) is 1. The number of hydrogen-bond donors (Lipinski definition) is 2. The van der Waals surface area contributed by atoms with Crippen molar-refractivity contribution in [3.05, 3.63) is 17.5 Å². The largest absolute Gasteiger partial charge is 0.481 e. The molecule has 0 saturated heterocycles. The summed E-state index contributed by atoms with van der Waals surface area (Å²) in [6.07, 6.45) is 0. The monoisotopic (exact) mass is 251 g/mol. The first kappa shape index (κ1) is 14.4. The molecular weight excluding hydrogens is 230 g/mol. The minimum atomic E-state index is -0.936. The average Bonchev–Trinajstić information content (AvgIpc) is 2.13. The van der Waals surface area contributed by atoms with Crippen molar-refractivity contribution in [2.24, 2.45) is 5.41 Å². The van der Waals surface area contributed by atoms with E-state index in [0.717, 1.165) is 11.4 Å². The Hall–Kier alpha value is -1.65. The third kappa shape index (κ3) is 2.78. The predicted octanol–water partition coefficient (Wildman–Crippen LogP) is 2.39. The van der Waals surface area contributed by atoms with Crippen molar-refractivity contribution in [2.45, 2.75) is 47.1 Å². The van der Waals surface area contributed by atoms with Gasteiger partial charge in [-0.1, -0.05) is 0 Å². The van der Waals surface area contributed by atoms with Crippen LogP contribution in [0.15, 0.2) is 6.07 Å². The molecule has 5 heteroatoms. The van der Waals surface area contributed by atoms with Gasteiger partial charge in [0, 0.05) is 11.4 Å². The maximum absolute atomic E-state index is 11.3. The van der Waals surface area contributed by atoms with E-state index in [4.69, 9.17) is 0 Å². The molecule has 100 valence electrons. The van der Waals surface area contributed by atoms with Crippen LogP contribution >= 0.6 is 0 Å². The van der Waals surface area contributed by atoms with Gasteiger partial charge in [0.1, 0.15) is 0 Å². The molecule has 0 amide bonds. The Morgan fingerprint density at radius 1 is 1.17 bits per heavy atom. The zero-order valence-corrected chi connectivity index (χ0v) is 11.8. The lowest BCUT2D eigenvalue weighted by molar-refractivity contribution is -0.149. The Morgan fingerprint density at radius 3 is 2.00 bits per heavy atom. The molecule has 0 unspecified atom stereocenters. The number of aryl methyl sites for hydroxylation is 2. The fourth-order valence-corrected chi connectivity index (χ4v) is 1.48. The van der Waals surface area contributed by atoms with Crippen LogP contribution < -0.4 is 5.32 Å². The topological polar surface area (TPSA) is 75.1 Å². The zero-order valence-electron chi connectivity index (χ0n) is 11.8. The quantitative estimate of drug-likeness (QED) is 0.859. The van der Waals surface area contributed by atoms with E-state index in [9.17, 15) is 9.90 Å². The van der Waals surface area contributed by atoms with E-state index in [1.807, 2.05) is 33.8 Å². The molecular formula is C13H21N3O2. The van der Waals surface area contributed by atoms with Crippen molar-refractivity contribution in [1.29, 1.82) is 0 Å². The summed E-state index contributed by atoms with van der Waals surface area (Å²) in [5.41, 5.74) is 0.107. The van der Waals surface area contributed by atoms with Crippen LogP contribution in [0.4, 0.5) is 5.95 Å². The van der Waals surface area contributed by atoms with E-state index in [1.54, 1.807) is 13.8 Å². The van der Waals surface area contributed by atoms with Crippen LogP contribution in [0.25, 0.3) is 0 Å². The van der Waals surface area contributed by atoms with Gasteiger partial charge in [-0.3, -0.25) is 4.79 Å². The van der Waals surface area contributed by atoms with Crippen molar-refractivity contribution in [1.82, 2.24) is 9.97 Å². The number of anilines is 1. The summed E-state index contributed by atoms with van der Waals surface area (Å²) in [6.45, 7) is 10.8. The van der Waals surface area contributed by atoms with E-state index < -0.39 is 16.9 Å². The maximum atomic E-state index is 11.3. The fourth-order valence-electron chi connectivity index (χ4n) is 1.48. The summed E-state index contributed by atoms with van der Waals surface area (Å²) >= 11 is 0. The van der Waals surface area contributed by atoms with Gasteiger partial charge < -0.3 is 10.4 Å². The van der Waals surface area contributed by atoms with Crippen LogP contribution in [0.1, 0.15) is 39.1 Å². The molecule has 0 fully saturated rings. The minimum Gasteiger partial charge on any atom is -0.481 e. The molecule has 1 aromatic rings. The highest BCUT2D eigenvalue weighted by molar-refractivity contribution is 5.76. The van der Waals surface area contributed by atoms with Crippen LogP contribution in [0, 0.1) is 19.3 Å². The van der Waals surface area contributed by atoms with Gasteiger partial charge in [-0.2, -0.15) is 0 Å². The average molecular weight is 251 g/mol. The van der Waals surface area contributed by atoms with Crippen molar-refractivity contribution in [2.75, 3.05) is 5.32 Å². The molecule has 0 radical (unpaired) electrons.